The van der Waals surface area contributed by atoms with Crippen LogP contribution in [0.5, 0.6) is 0 Å². The first-order chi connectivity index (χ1) is 6.61. The van der Waals surface area contributed by atoms with Gasteiger partial charge in [-0.2, -0.15) is 0 Å². The minimum Gasteiger partial charge on any atom is -0.478 e. The van der Waals surface area contributed by atoms with Gasteiger partial charge in [0.1, 0.15) is 0 Å². The maximum Gasteiger partial charge on any atom is 0.335 e. The van der Waals surface area contributed by atoms with Gasteiger partial charge in [0.2, 0.25) is 0 Å². The maximum absolute atomic E-state index is 10.9. The summed E-state index contributed by atoms with van der Waals surface area (Å²) in [5.41, 5.74) is 0.212. The van der Waals surface area contributed by atoms with E-state index in [2.05, 4.69) is 13.2 Å². The van der Waals surface area contributed by atoms with Crippen LogP contribution in [-0.2, 0) is 10.8 Å². The normalized spacial score (nSPS) is 10.9. The van der Waals surface area contributed by atoms with Crippen molar-refractivity contribution in [2.24, 2.45) is 0 Å². The Morgan fingerprint density at radius 3 is 2.00 bits per heavy atom. The van der Waals surface area contributed by atoms with Crippen molar-refractivity contribution < 1.29 is 14.1 Å². The second kappa shape index (κ2) is 6.10. The number of aromatic carboxylic acids is 1. The summed E-state index contributed by atoms with van der Waals surface area (Å²) in [5, 5.41) is 8.54. The van der Waals surface area contributed by atoms with Gasteiger partial charge in [0, 0.05) is 22.0 Å². The van der Waals surface area contributed by atoms with Crippen molar-refractivity contribution in [3.8, 4) is 0 Å². The highest BCUT2D eigenvalue weighted by molar-refractivity contribution is 7.84. The summed E-state index contributed by atoms with van der Waals surface area (Å²) in [4.78, 5) is 11.0. The molecule has 0 saturated carbocycles. The molecule has 14 heavy (non-hydrogen) atoms. The molecule has 0 fully saturated rings. The predicted molar refractivity (Wildman–Crippen MR) is 57.0 cm³/mol. The van der Waals surface area contributed by atoms with Crippen LogP contribution < -0.4 is 0 Å². The van der Waals surface area contributed by atoms with Gasteiger partial charge in [-0.05, 0) is 24.3 Å². The molecule has 1 atom stereocenters. The molecule has 1 aromatic rings. The molecule has 1 rings (SSSR count). The summed E-state index contributed by atoms with van der Waals surface area (Å²) in [6.45, 7) is 6.00. The second-order valence-corrected chi connectivity index (χ2v) is 3.66. The molecule has 4 heteroatoms. The quantitative estimate of drug-likeness (QED) is 0.762. The Hall–Kier alpha value is -1.42. The first-order valence-electron chi connectivity index (χ1n) is 3.78. The van der Waals surface area contributed by atoms with Crippen LogP contribution in [0.3, 0.4) is 0 Å². The molecular weight excluding hydrogens is 200 g/mol. The summed E-state index contributed by atoms with van der Waals surface area (Å²) in [5.74, 6) is -0.969. The van der Waals surface area contributed by atoms with Gasteiger partial charge < -0.3 is 5.11 Å². The van der Waals surface area contributed by atoms with Gasteiger partial charge in [0.15, 0.2) is 0 Å². The summed E-state index contributed by atoms with van der Waals surface area (Å²) in [6, 6.07) is 6.00. The number of rotatable bonds is 2. The first-order valence-corrected chi connectivity index (χ1v) is 5.34. The molecule has 0 heterocycles. The van der Waals surface area contributed by atoms with E-state index in [0.717, 1.165) is 0 Å². The molecule has 0 aliphatic rings. The van der Waals surface area contributed by atoms with E-state index in [4.69, 9.17) is 5.11 Å². The smallest absolute Gasteiger partial charge is 0.335 e. The Labute approximate surface area is 85.5 Å². The SMILES string of the molecule is C=C.CS(=O)c1ccc(C(=O)O)cc1. The second-order valence-electron chi connectivity index (χ2n) is 2.28. The van der Waals surface area contributed by atoms with Crippen LogP contribution in [-0.4, -0.2) is 21.5 Å². The van der Waals surface area contributed by atoms with Crippen molar-refractivity contribution in [2.75, 3.05) is 6.26 Å². The summed E-state index contributed by atoms with van der Waals surface area (Å²) < 4.78 is 10.9. The number of carboxylic acid groups (broad SMARTS) is 1. The van der Waals surface area contributed by atoms with Gasteiger partial charge in [-0.15, -0.1) is 13.2 Å². The molecular formula is C10H12O3S. The van der Waals surface area contributed by atoms with Crippen LogP contribution in [0.4, 0.5) is 0 Å². The van der Waals surface area contributed by atoms with Crippen LogP contribution in [0.1, 0.15) is 10.4 Å². The molecule has 0 aliphatic carbocycles. The number of benzene rings is 1. The molecule has 0 aromatic heterocycles. The van der Waals surface area contributed by atoms with E-state index < -0.39 is 16.8 Å². The maximum atomic E-state index is 10.9. The summed E-state index contributed by atoms with van der Waals surface area (Å²) in [6.07, 6.45) is 1.55. The molecule has 1 aromatic carbocycles. The van der Waals surface area contributed by atoms with Crippen molar-refractivity contribution in [1.29, 1.82) is 0 Å². The molecule has 0 bridgehead atoms. The minimum absolute atomic E-state index is 0.212. The fourth-order valence-electron chi connectivity index (χ4n) is 0.789. The average molecular weight is 212 g/mol. The number of hydrogen-bond donors (Lipinski definition) is 1. The van der Waals surface area contributed by atoms with Crippen LogP contribution >= 0.6 is 0 Å². The molecule has 1 N–H and O–H groups in total. The lowest BCUT2D eigenvalue weighted by molar-refractivity contribution is 0.0697. The molecule has 0 spiro atoms. The number of carbonyl (C=O) groups is 1. The van der Waals surface area contributed by atoms with Crippen molar-refractivity contribution in [3.63, 3.8) is 0 Å². The van der Waals surface area contributed by atoms with Gasteiger partial charge >= 0.3 is 5.97 Å². The lowest BCUT2D eigenvalue weighted by Crippen LogP contribution is -1.96. The Morgan fingerprint density at radius 1 is 1.29 bits per heavy atom. The first kappa shape index (κ1) is 12.6. The zero-order chi connectivity index (χ0) is 11.1. The van der Waals surface area contributed by atoms with Crippen molar-refractivity contribution in [2.45, 2.75) is 4.90 Å². The topological polar surface area (TPSA) is 54.4 Å². The highest BCUT2D eigenvalue weighted by Gasteiger charge is 2.02. The largest absolute Gasteiger partial charge is 0.478 e. The van der Waals surface area contributed by atoms with Crippen LogP contribution in [0.2, 0.25) is 0 Å². The third-order valence-corrected chi connectivity index (χ3v) is 2.37. The molecule has 0 amide bonds. The Bertz CT molecular complexity index is 297. The number of carboxylic acids is 1. The zero-order valence-electron chi connectivity index (χ0n) is 7.90. The highest BCUT2D eigenvalue weighted by atomic mass is 32.2. The lowest BCUT2D eigenvalue weighted by atomic mass is 10.2. The molecule has 3 nitrogen and oxygen atoms in total. The van der Waals surface area contributed by atoms with E-state index in [1.54, 1.807) is 18.4 Å². The summed E-state index contributed by atoms with van der Waals surface area (Å²) >= 11 is 0. The van der Waals surface area contributed by atoms with Gasteiger partial charge in [-0.3, -0.25) is 4.21 Å². The fourth-order valence-corrected chi connectivity index (χ4v) is 1.31. The Morgan fingerprint density at radius 2 is 1.71 bits per heavy atom. The van der Waals surface area contributed by atoms with Crippen molar-refractivity contribution in [3.05, 3.63) is 43.0 Å². The van der Waals surface area contributed by atoms with Gasteiger partial charge in [0.05, 0.1) is 5.56 Å². The van der Waals surface area contributed by atoms with Gasteiger partial charge in [0.25, 0.3) is 0 Å². The van der Waals surface area contributed by atoms with E-state index in [-0.39, 0.29) is 5.56 Å². The van der Waals surface area contributed by atoms with Crippen molar-refractivity contribution >= 4 is 16.8 Å². The van der Waals surface area contributed by atoms with E-state index >= 15 is 0 Å². The van der Waals surface area contributed by atoms with Crippen LogP contribution in [0.25, 0.3) is 0 Å². The lowest BCUT2D eigenvalue weighted by Gasteiger charge is -1.96. The zero-order valence-corrected chi connectivity index (χ0v) is 8.71. The standard InChI is InChI=1S/C8H8O3S.C2H4/c1-12(11)7-4-2-6(3-5-7)8(9)10;1-2/h2-5H,1H3,(H,9,10);1-2H2. The molecule has 0 saturated heterocycles. The minimum atomic E-state index is -1.04. The van der Waals surface area contributed by atoms with E-state index in [1.807, 2.05) is 0 Å². The van der Waals surface area contributed by atoms with Crippen molar-refractivity contribution in [1.82, 2.24) is 0 Å². The predicted octanol–water partition coefficient (Wildman–Crippen LogP) is 1.92. The molecule has 0 radical (unpaired) electrons. The Kier molecular flexibility index (Phi) is 5.48. The van der Waals surface area contributed by atoms with Crippen LogP contribution in [0.15, 0.2) is 42.3 Å². The molecule has 76 valence electrons. The third kappa shape index (κ3) is 3.53. The van der Waals surface area contributed by atoms with Gasteiger partial charge in [-0.1, -0.05) is 0 Å². The Balaban J connectivity index is 0.000000791. The van der Waals surface area contributed by atoms with E-state index in [9.17, 15) is 9.00 Å². The third-order valence-electron chi connectivity index (χ3n) is 1.43. The fraction of sp³-hybridized carbons (Fsp3) is 0.100. The summed E-state index contributed by atoms with van der Waals surface area (Å²) in [7, 11) is -1.04. The van der Waals surface area contributed by atoms with E-state index in [0.29, 0.717) is 4.90 Å². The van der Waals surface area contributed by atoms with E-state index in [1.165, 1.54) is 12.1 Å². The average Bonchev–Trinajstić information content (AvgIpc) is 2.21. The molecule has 0 aliphatic heterocycles. The monoisotopic (exact) mass is 212 g/mol. The van der Waals surface area contributed by atoms with Crippen LogP contribution in [0, 0.1) is 0 Å². The molecule has 1 unspecified atom stereocenters. The van der Waals surface area contributed by atoms with Gasteiger partial charge in [-0.25, -0.2) is 4.79 Å². The number of hydrogen-bond acceptors (Lipinski definition) is 2. The highest BCUT2D eigenvalue weighted by Crippen LogP contribution is 2.06.